The van der Waals surface area contributed by atoms with E-state index in [2.05, 4.69) is 25.1 Å². The number of nitrogen functional groups attached to an aromatic ring is 1. The quantitative estimate of drug-likeness (QED) is 0.202. The van der Waals surface area contributed by atoms with Gasteiger partial charge in [-0.2, -0.15) is 27.1 Å². The van der Waals surface area contributed by atoms with E-state index in [1.54, 1.807) is 5.10 Å². The van der Waals surface area contributed by atoms with Gasteiger partial charge in [0.2, 0.25) is 0 Å². The predicted molar refractivity (Wildman–Crippen MR) is 137 cm³/mol. The molecule has 4 N–H and O–H groups in total. The van der Waals surface area contributed by atoms with Crippen LogP contribution >= 0.6 is 0 Å². The number of hydrogen-bond acceptors (Lipinski definition) is 8. The van der Waals surface area contributed by atoms with Crippen molar-refractivity contribution in [3.8, 4) is 11.4 Å². The number of nitrogens with zero attached hydrogens (tertiary/aromatic N) is 4. The van der Waals surface area contributed by atoms with Gasteiger partial charge in [-0.25, -0.2) is 32.6 Å². The van der Waals surface area contributed by atoms with Crippen LogP contribution in [0.1, 0.15) is 24.0 Å². The lowest BCUT2D eigenvalue weighted by molar-refractivity contribution is -0.138. The van der Waals surface area contributed by atoms with Crippen LogP contribution in [-0.4, -0.2) is 50.2 Å². The summed E-state index contributed by atoms with van der Waals surface area (Å²) in [4.78, 5) is 32.1. The monoisotopic (exact) mass is 637 g/mol. The molecule has 0 radical (unpaired) electrons. The van der Waals surface area contributed by atoms with Gasteiger partial charge >= 0.3 is 12.8 Å². The number of nitrogens with two attached hydrogens (primary N) is 1. The molecule has 1 aromatic carbocycles. The molecule has 0 bridgehead atoms. The summed E-state index contributed by atoms with van der Waals surface area (Å²) >= 11 is 0. The van der Waals surface area contributed by atoms with Crippen molar-refractivity contribution < 1.29 is 44.3 Å². The highest BCUT2D eigenvalue weighted by Gasteiger charge is 2.38. The van der Waals surface area contributed by atoms with Crippen molar-refractivity contribution in [3.63, 3.8) is 0 Å². The minimum Gasteiger partial charge on any atom is -0.383 e. The van der Waals surface area contributed by atoms with Crippen LogP contribution in [0.5, 0.6) is 0 Å². The lowest BCUT2D eigenvalue weighted by atomic mass is 10.1. The standard InChI is InChI=1S/C25H20F9N7O3/c26-11(4-12(9-44-24(30)31)38-17-7-37-40-22(42)18(17)25(32,33)34)8-41-2-1-10-3-14(16(27)5-13(10)23(41)43)21-36-6-15(19(28)29)20(35)39-21/h1-3,5-7,11-12,19,24H,4,8-9H2,(H2,35,36,39)(H2,38,40,42). The third kappa shape index (κ3) is 7.26. The van der Waals surface area contributed by atoms with Gasteiger partial charge in [0.15, 0.2) is 5.82 Å². The van der Waals surface area contributed by atoms with Gasteiger partial charge in [-0.05, 0) is 23.6 Å². The number of aromatic nitrogens is 5. The van der Waals surface area contributed by atoms with Crippen LogP contribution in [0.3, 0.4) is 0 Å². The molecule has 2 atom stereocenters. The molecule has 0 saturated heterocycles. The summed E-state index contributed by atoms with van der Waals surface area (Å²) in [6.45, 7) is -5.09. The molecule has 236 valence electrons. The van der Waals surface area contributed by atoms with Crippen LogP contribution in [0.2, 0.25) is 0 Å². The first-order valence-electron chi connectivity index (χ1n) is 12.3. The zero-order valence-electron chi connectivity index (χ0n) is 21.9. The van der Waals surface area contributed by atoms with E-state index >= 15 is 4.39 Å². The predicted octanol–water partition coefficient (Wildman–Crippen LogP) is 4.67. The number of ether oxygens (including phenoxy) is 1. The summed E-state index contributed by atoms with van der Waals surface area (Å²) in [5, 5.41) is 6.88. The number of aromatic amines is 1. The SMILES string of the molecule is Nc1nc(-c2cc3ccn(CC(F)CC(COC(F)F)Nc4cn[nH]c(=O)c4C(F)(F)F)c(=O)c3cc2F)ncc1C(F)F. The van der Waals surface area contributed by atoms with Gasteiger partial charge in [0.1, 0.15) is 23.4 Å². The summed E-state index contributed by atoms with van der Waals surface area (Å²) < 4.78 is 126. The fourth-order valence-electron chi connectivity index (χ4n) is 4.29. The van der Waals surface area contributed by atoms with E-state index in [9.17, 15) is 44.7 Å². The molecule has 44 heavy (non-hydrogen) atoms. The Hall–Kier alpha value is -4.68. The fourth-order valence-corrected chi connectivity index (χ4v) is 4.29. The fraction of sp³-hybridized carbons (Fsp3) is 0.320. The number of alkyl halides is 8. The van der Waals surface area contributed by atoms with Gasteiger partial charge in [-0.1, -0.05) is 0 Å². The Morgan fingerprint density at radius 1 is 1.09 bits per heavy atom. The molecule has 0 fully saturated rings. The van der Waals surface area contributed by atoms with Crippen molar-refractivity contribution in [2.24, 2.45) is 0 Å². The van der Waals surface area contributed by atoms with Crippen molar-refractivity contribution in [1.29, 1.82) is 0 Å². The number of benzene rings is 1. The molecule has 0 saturated carbocycles. The molecule has 19 heteroatoms. The van der Waals surface area contributed by atoms with Gasteiger partial charge in [-0.3, -0.25) is 9.59 Å². The molecule has 0 aliphatic carbocycles. The molecule has 0 spiro atoms. The zero-order chi connectivity index (χ0) is 32.3. The van der Waals surface area contributed by atoms with Gasteiger partial charge in [0, 0.05) is 18.8 Å². The van der Waals surface area contributed by atoms with E-state index in [0.29, 0.717) is 6.20 Å². The highest BCUT2D eigenvalue weighted by atomic mass is 19.4. The molecule has 0 aliphatic rings. The number of fused-ring (bicyclic) bond motifs is 1. The first-order valence-corrected chi connectivity index (χ1v) is 12.3. The number of nitrogens with one attached hydrogen (secondary N) is 2. The number of anilines is 2. The minimum absolute atomic E-state index is 0.129. The molecular formula is C25H20F9N7O3. The largest absolute Gasteiger partial charge is 0.423 e. The third-order valence-electron chi connectivity index (χ3n) is 6.25. The van der Waals surface area contributed by atoms with Gasteiger partial charge < -0.3 is 20.4 Å². The maximum Gasteiger partial charge on any atom is 0.423 e. The van der Waals surface area contributed by atoms with Crippen molar-refractivity contribution in [1.82, 2.24) is 24.7 Å². The molecule has 0 aliphatic heterocycles. The number of pyridine rings is 1. The summed E-state index contributed by atoms with van der Waals surface area (Å²) in [5.74, 6) is -1.95. The second-order valence-corrected chi connectivity index (χ2v) is 9.28. The molecule has 4 aromatic rings. The molecule has 3 aromatic heterocycles. The van der Waals surface area contributed by atoms with Gasteiger partial charge in [-0.15, -0.1) is 0 Å². The third-order valence-corrected chi connectivity index (χ3v) is 6.25. The van der Waals surface area contributed by atoms with Crippen LogP contribution in [0.4, 0.5) is 51.0 Å². The summed E-state index contributed by atoms with van der Waals surface area (Å²) in [6.07, 6.45) is -8.56. The highest BCUT2D eigenvalue weighted by molar-refractivity contribution is 5.86. The van der Waals surface area contributed by atoms with Gasteiger partial charge in [0.25, 0.3) is 17.5 Å². The molecule has 3 heterocycles. The van der Waals surface area contributed by atoms with Crippen LogP contribution in [0.15, 0.2) is 46.4 Å². The molecule has 10 nitrogen and oxygen atoms in total. The molecule has 4 rings (SSSR count). The lowest BCUT2D eigenvalue weighted by Crippen LogP contribution is -2.35. The average Bonchev–Trinajstić information content (AvgIpc) is 2.92. The Morgan fingerprint density at radius 3 is 2.45 bits per heavy atom. The van der Waals surface area contributed by atoms with Crippen LogP contribution in [0.25, 0.3) is 22.2 Å². The first kappa shape index (κ1) is 32.2. The maximum atomic E-state index is 15.1. The van der Waals surface area contributed by atoms with Crippen molar-refractivity contribution in [3.05, 3.63) is 74.4 Å². The zero-order valence-corrected chi connectivity index (χ0v) is 21.9. The van der Waals surface area contributed by atoms with E-state index < -0.39 is 90.6 Å². The number of rotatable bonds is 11. The van der Waals surface area contributed by atoms with Crippen LogP contribution < -0.4 is 22.2 Å². The van der Waals surface area contributed by atoms with Gasteiger partial charge in [0.05, 0.1) is 47.6 Å². The smallest absolute Gasteiger partial charge is 0.383 e. The second-order valence-electron chi connectivity index (χ2n) is 9.28. The summed E-state index contributed by atoms with van der Waals surface area (Å²) in [7, 11) is 0. The average molecular weight is 637 g/mol. The van der Waals surface area contributed by atoms with E-state index in [-0.39, 0.29) is 22.2 Å². The number of hydrogen-bond donors (Lipinski definition) is 3. The summed E-state index contributed by atoms with van der Waals surface area (Å²) in [5.41, 5.74) is -0.606. The first-order chi connectivity index (χ1) is 20.6. The van der Waals surface area contributed by atoms with Crippen LogP contribution in [-0.2, 0) is 17.5 Å². The van der Waals surface area contributed by atoms with E-state index in [1.165, 1.54) is 6.07 Å². The number of H-pyrrole nitrogens is 1. The van der Waals surface area contributed by atoms with Crippen LogP contribution in [0, 0.1) is 5.82 Å². The lowest BCUT2D eigenvalue weighted by Gasteiger charge is -2.23. The number of halogens is 9. The maximum absolute atomic E-state index is 15.1. The minimum atomic E-state index is -5.18. The van der Waals surface area contributed by atoms with E-state index in [4.69, 9.17) is 5.73 Å². The Morgan fingerprint density at radius 2 is 1.82 bits per heavy atom. The van der Waals surface area contributed by atoms with E-state index in [1.807, 2.05) is 0 Å². The Balaban J connectivity index is 1.58. The molecular weight excluding hydrogens is 617 g/mol. The summed E-state index contributed by atoms with van der Waals surface area (Å²) in [6, 6.07) is 1.67. The molecule has 0 amide bonds. The Labute approximate surface area is 239 Å². The van der Waals surface area contributed by atoms with Crippen molar-refractivity contribution >= 4 is 22.3 Å². The Bertz CT molecular complexity index is 1760. The molecule has 2 unspecified atom stereocenters. The second kappa shape index (κ2) is 12.9. The topological polar surface area (TPSA) is 141 Å². The van der Waals surface area contributed by atoms with Crippen molar-refractivity contribution in [2.45, 2.75) is 44.4 Å². The Kier molecular flexibility index (Phi) is 9.45. The van der Waals surface area contributed by atoms with Crippen molar-refractivity contribution in [2.75, 3.05) is 17.7 Å². The van der Waals surface area contributed by atoms with E-state index in [0.717, 1.165) is 29.1 Å². The highest BCUT2D eigenvalue weighted by Crippen LogP contribution is 2.32. The normalized spacial score (nSPS) is 13.5.